The highest BCUT2D eigenvalue weighted by Gasteiger charge is 2.30. The van der Waals surface area contributed by atoms with Crippen LogP contribution in [0.25, 0.3) is 0 Å². The maximum Gasteiger partial charge on any atom is 0.144 e. The summed E-state index contributed by atoms with van der Waals surface area (Å²) in [5.41, 5.74) is 4.82. The smallest absolute Gasteiger partial charge is 0.144 e. The third kappa shape index (κ3) is 4.66. The summed E-state index contributed by atoms with van der Waals surface area (Å²) in [6.07, 6.45) is 0.418. The topological polar surface area (TPSA) is 57.5 Å². The molecule has 0 atom stereocenters. The lowest BCUT2D eigenvalue weighted by Gasteiger charge is -2.28. The number of ketones is 1. The normalized spacial score (nSPS) is 12.5. The first-order valence-corrected chi connectivity index (χ1v) is 10.4. The van der Waals surface area contributed by atoms with Crippen molar-refractivity contribution in [2.75, 3.05) is 0 Å². The summed E-state index contributed by atoms with van der Waals surface area (Å²) in [5.74, 6) is 0.231. The van der Waals surface area contributed by atoms with Crippen LogP contribution in [-0.2, 0) is 15.6 Å². The molecule has 0 bridgehead atoms. The fraction of sp³-hybridized carbons (Fsp3) is 0.500. The molecule has 0 heterocycles. The van der Waals surface area contributed by atoms with Crippen LogP contribution in [0.2, 0.25) is 0 Å². The Kier molecular flexibility index (Phi) is 6.23. The van der Waals surface area contributed by atoms with Crippen LogP contribution in [0.3, 0.4) is 0 Å². The number of aryl methyl sites for hydroxylation is 2. The number of aromatic hydroxyl groups is 2. The van der Waals surface area contributed by atoms with Crippen molar-refractivity contribution in [1.29, 1.82) is 0 Å². The van der Waals surface area contributed by atoms with Crippen molar-refractivity contribution in [2.45, 2.75) is 85.5 Å². The molecule has 0 aromatic heterocycles. The summed E-state index contributed by atoms with van der Waals surface area (Å²) in [7, 11) is 0. The molecule has 0 saturated carbocycles. The Hall–Kier alpha value is -2.29. The minimum Gasteiger partial charge on any atom is -0.508 e. The molecular formula is C26H36O3. The lowest BCUT2D eigenvalue weighted by Crippen LogP contribution is -2.20. The summed E-state index contributed by atoms with van der Waals surface area (Å²) in [6.45, 7) is 18.1. The maximum atomic E-state index is 13.2. The predicted octanol–water partition coefficient (Wildman–Crippen LogP) is 6.42. The molecule has 0 saturated heterocycles. The van der Waals surface area contributed by atoms with Gasteiger partial charge in [-0.1, -0.05) is 60.6 Å². The van der Waals surface area contributed by atoms with Gasteiger partial charge in [-0.2, -0.15) is 0 Å². The molecule has 0 aliphatic carbocycles. The Morgan fingerprint density at radius 2 is 1.14 bits per heavy atom. The van der Waals surface area contributed by atoms with Crippen molar-refractivity contribution in [3.8, 4) is 11.5 Å². The van der Waals surface area contributed by atoms with Gasteiger partial charge in [-0.25, -0.2) is 0 Å². The summed E-state index contributed by atoms with van der Waals surface area (Å²) in [4.78, 5) is 13.2. The van der Waals surface area contributed by atoms with E-state index in [9.17, 15) is 15.0 Å². The van der Waals surface area contributed by atoms with Crippen LogP contribution in [0.1, 0.15) is 94.2 Å². The van der Waals surface area contributed by atoms with Gasteiger partial charge in [-0.3, -0.25) is 4.79 Å². The second-order valence-corrected chi connectivity index (χ2v) is 10.2. The Bertz CT molecular complexity index is 855. The van der Waals surface area contributed by atoms with Gasteiger partial charge in [-0.05, 0) is 70.2 Å². The predicted molar refractivity (Wildman–Crippen MR) is 120 cm³/mol. The molecule has 158 valence electrons. The average Bonchev–Trinajstić information content (AvgIpc) is 2.55. The summed E-state index contributed by atoms with van der Waals surface area (Å²) < 4.78 is 0. The Balaban J connectivity index is 2.84. The molecule has 2 N–H and O–H groups in total. The Morgan fingerprint density at radius 3 is 1.41 bits per heavy atom. The highest BCUT2D eigenvalue weighted by molar-refractivity contribution is 5.90. The van der Waals surface area contributed by atoms with Crippen LogP contribution >= 0.6 is 0 Å². The third-order valence-electron chi connectivity index (χ3n) is 5.68. The third-order valence-corrected chi connectivity index (χ3v) is 5.68. The second-order valence-electron chi connectivity index (χ2n) is 10.2. The number of hydrogen-bond acceptors (Lipinski definition) is 3. The van der Waals surface area contributed by atoms with E-state index in [0.717, 1.165) is 33.4 Å². The van der Waals surface area contributed by atoms with Crippen LogP contribution in [-0.4, -0.2) is 16.0 Å². The van der Waals surface area contributed by atoms with E-state index in [1.54, 1.807) is 12.1 Å². The van der Waals surface area contributed by atoms with Crippen molar-refractivity contribution in [2.24, 2.45) is 0 Å². The fourth-order valence-electron chi connectivity index (χ4n) is 3.96. The van der Waals surface area contributed by atoms with E-state index >= 15 is 0 Å². The van der Waals surface area contributed by atoms with Gasteiger partial charge in [0.25, 0.3) is 0 Å². The molecule has 2 aromatic rings. The van der Waals surface area contributed by atoms with E-state index in [4.69, 9.17) is 0 Å². The van der Waals surface area contributed by atoms with Crippen LogP contribution in [0.5, 0.6) is 11.5 Å². The summed E-state index contributed by atoms with van der Waals surface area (Å²) in [5, 5.41) is 21.0. The molecule has 0 aliphatic rings. The quantitative estimate of drug-likeness (QED) is 0.627. The highest BCUT2D eigenvalue weighted by Crippen LogP contribution is 2.41. The maximum absolute atomic E-state index is 13.2. The monoisotopic (exact) mass is 396 g/mol. The van der Waals surface area contributed by atoms with Crippen molar-refractivity contribution < 1.29 is 15.0 Å². The molecular weight excluding hydrogens is 360 g/mol. The van der Waals surface area contributed by atoms with E-state index in [-0.39, 0.29) is 28.1 Å². The molecule has 29 heavy (non-hydrogen) atoms. The van der Waals surface area contributed by atoms with E-state index < -0.39 is 5.92 Å². The minimum absolute atomic E-state index is 0.132. The van der Waals surface area contributed by atoms with Gasteiger partial charge in [0.1, 0.15) is 17.3 Å². The molecule has 0 spiro atoms. The molecule has 0 amide bonds. The Morgan fingerprint density at radius 1 is 0.793 bits per heavy atom. The fourth-order valence-corrected chi connectivity index (χ4v) is 3.96. The largest absolute Gasteiger partial charge is 0.508 e. The number of phenolic OH excluding ortho intramolecular Hbond substituents is 2. The minimum atomic E-state index is -0.427. The van der Waals surface area contributed by atoms with Crippen molar-refractivity contribution in [3.05, 3.63) is 57.6 Å². The number of Topliss-reactive ketones (excluding diaryl/α,β-unsaturated/α-hetero) is 1. The first-order chi connectivity index (χ1) is 13.2. The number of rotatable bonds is 4. The zero-order valence-corrected chi connectivity index (χ0v) is 19.4. The molecule has 3 nitrogen and oxygen atoms in total. The molecule has 3 heteroatoms. The number of carbonyl (C=O) groups excluding carboxylic acids is 1. The molecule has 2 aromatic carbocycles. The van der Waals surface area contributed by atoms with Gasteiger partial charge in [0.2, 0.25) is 0 Å². The molecule has 0 fully saturated rings. The van der Waals surface area contributed by atoms with Gasteiger partial charge in [0.05, 0.1) is 5.92 Å². The first kappa shape index (κ1) is 23.0. The van der Waals surface area contributed by atoms with Crippen molar-refractivity contribution in [1.82, 2.24) is 0 Å². The zero-order valence-electron chi connectivity index (χ0n) is 19.4. The van der Waals surface area contributed by atoms with E-state index in [0.29, 0.717) is 6.42 Å². The summed E-state index contributed by atoms with van der Waals surface area (Å²) in [6, 6.07) is 7.52. The molecule has 0 unspecified atom stereocenters. The van der Waals surface area contributed by atoms with Gasteiger partial charge in [0, 0.05) is 6.42 Å². The van der Waals surface area contributed by atoms with E-state index in [1.807, 2.05) is 32.9 Å². The standard InChI is InChI=1S/C26H36O3/c1-10-21(27)24(17-13-19(25(4,5)6)22(28)11-15(17)2)18-14-20(26(7,8)9)23(29)12-16(18)3/h11-14,24,28-29H,10H2,1-9H3. The van der Waals surface area contributed by atoms with Crippen LogP contribution in [0.15, 0.2) is 24.3 Å². The van der Waals surface area contributed by atoms with Crippen LogP contribution in [0, 0.1) is 13.8 Å². The molecule has 0 radical (unpaired) electrons. The number of carbonyl (C=O) groups is 1. The van der Waals surface area contributed by atoms with Gasteiger partial charge in [-0.15, -0.1) is 0 Å². The Labute approximate surface area is 175 Å². The number of phenols is 2. The van der Waals surface area contributed by atoms with Crippen LogP contribution in [0.4, 0.5) is 0 Å². The highest BCUT2D eigenvalue weighted by atomic mass is 16.3. The second kappa shape index (κ2) is 7.85. The number of benzene rings is 2. The van der Waals surface area contributed by atoms with E-state index in [1.165, 1.54) is 0 Å². The SMILES string of the molecule is CCC(=O)C(c1cc(C(C)(C)C)c(O)cc1C)c1cc(C(C)(C)C)c(O)cc1C. The number of hydrogen-bond donors (Lipinski definition) is 2. The lowest BCUT2D eigenvalue weighted by atomic mass is 9.76. The van der Waals surface area contributed by atoms with Crippen molar-refractivity contribution >= 4 is 5.78 Å². The first-order valence-electron chi connectivity index (χ1n) is 10.4. The van der Waals surface area contributed by atoms with Gasteiger partial charge >= 0.3 is 0 Å². The van der Waals surface area contributed by atoms with Gasteiger partial charge in [0.15, 0.2) is 0 Å². The van der Waals surface area contributed by atoms with Crippen molar-refractivity contribution in [3.63, 3.8) is 0 Å². The summed E-state index contributed by atoms with van der Waals surface area (Å²) >= 11 is 0. The van der Waals surface area contributed by atoms with Gasteiger partial charge < -0.3 is 10.2 Å². The lowest BCUT2D eigenvalue weighted by molar-refractivity contribution is -0.119. The van der Waals surface area contributed by atoms with Crippen LogP contribution < -0.4 is 0 Å². The molecule has 2 rings (SSSR count). The average molecular weight is 397 g/mol. The zero-order chi connectivity index (χ0) is 22.3. The van der Waals surface area contributed by atoms with E-state index in [2.05, 4.69) is 41.5 Å². The molecule has 0 aliphatic heterocycles.